The number of hydrogen-bond acceptors (Lipinski definition) is 3. The summed E-state index contributed by atoms with van der Waals surface area (Å²) in [7, 11) is 0. The highest BCUT2D eigenvalue weighted by Crippen LogP contribution is 2.25. The first-order valence-corrected chi connectivity index (χ1v) is 7.10. The number of aryl methyl sites for hydroxylation is 1. The summed E-state index contributed by atoms with van der Waals surface area (Å²) in [6.45, 7) is 2.07. The van der Waals surface area contributed by atoms with Crippen LogP contribution in [0.25, 0.3) is 10.9 Å². The fourth-order valence-electron chi connectivity index (χ4n) is 2.08. The first kappa shape index (κ1) is 12.9. The Labute approximate surface area is 126 Å². The van der Waals surface area contributed by atoms with Gasteiger partial charge in [-0.3, -0.25) is 0 Å². The molecular weight excluding hydrogens is 314 g/mol. The van der Waals surface area contributed by atoms with E-state index in [2.05, 4.69) is 39.2 Å². The molecule has 0 unspecified atom stereocenters. The minimum atomic E-state index is 0.753. The number of hydrogen-bond donors (Lipinski definition) is 2. The van der Waals surface area contributed by atoms with Gasteiger partial charge in [-0.05, 0) is 55.0 Å². The molecule has 0 aliphatic carbocycles. The molecule has 2 aromatic carbocycles. The highest BCUT2D eigenvalue weighted by molar-refractivity contribution is 9.10. The lowest BCUT2D eigenvalue weighted by atomic mass is 10.2. The van der Waals surface area contributed by atoms with Gasteiger partial charge >= 0.3 is 0 Å². The second-order valence-corrected chi connectivity index (χ2v) is 5.65. The summed E-state index contributed by atoms with van der Waals surface area (Å²) in [6.07, 6.45) is 0. The molecule has 0 fully saturated rings. The molecule has 0 atom stereocenters. The van der Waals surface area contributed by atoms with Crippen molar-refractivity contribution in [3.05, 3.63) is 58.6 Å². The van der Waals surface area contributed by atoms with E-state index in [0.717, 1.165) is 32.6 Å². The van der Waals surface area contributed by atoms with Gasteiger partial charge in [0.1, 0.15) is 5.82 Å². The maximum Gasteiger partial charge on any atom is 0.131 e. The van der Waals surface area contributed by atoms with Crippen LogP contribution in [0.5, 0.6) is 0 Å². The van der Waals surface area contributed by atoms with Crippen molar-refractivity contribution >= 4 is 44.0 Å². The number of nitrogens with zero attached hydrogens (tertiary/aromatic N) is 1. The number of aromatic nitrogens is 1. The summed E-state index contributed by atoms with van der Waals surface area (Å²) in [4.78, 5) is 4.60. The summed E-state index contributed by atoms with van der Waals surface area (Å²) in [5, 5.41) is 4.39. The van der Waals surface area contributed by atoms with Crippen LogP contribution in [0, 0.1) is 6.92 Å². The summed E-state index contributed by atoms with van der Waals surface area (Å²) in [6, 6.07) is 15.8. The number of anilines is 3. The Morgan fingerprint density at radius 3 is 2.75 bits per heavy atom. The summed E-state index contributed by atoms with van der Waals surface area (Å²) in [5.74, 6) is 0.823. The molecular formula is C16H14BrN3. The van der Waals surface area contributed by atoms with Crippen molar-refractivity contribution in [2.24, 2.45) is 0 Å². The van der Waals surface area contributed by atoms with Gasteiger partial charge in [0.25, 0.3) is 0 Å². The summed E-state index contributed by atoms with van der Waals surface area (Å²) < 4.78 is 1.04. The summed E-state index contributed by atoms with van der Waals surface area (Å²) >= 11 is 3.48. The molecule has 20 heavy (non-hydrogen) atoms. The number of halogens is 1. The third-order valence-corrected chi connectivity index (χ3v) is 3.67. The van der Waals surface area contributed by atoms with E-state index in [4.69, 9.17) is 5.73 Å². The average molecular weight is 328 g/mol. The van der Waals surface area contributed by atoms with Crippen LogP contribution in [-0.4, -0.2) is 4.98 Å². The molecule has 3 rings (SSSR count). The van der Waals surface area contributed by atoms with Crippen molar-refractivity contribution in [2.45, 2.75) is 6.92 Å². The smallest absolute Gasteiger partial charge is 0.131 e. The molecule has 3 aromatic rings. The number of fused-ring (bicyclic) bond motifs is 1. The van der Waals surface area contributed by atoms with Crippen LogP contribution in [0.3, 0.4) is 0 Å². The third-order valence-electron chi connectivity index (χ3n) is 3.18. The highest BCUT2D eigenvalue weighted by Gasteiger charge is 2.03. The molecule has 3 N–H and O–H groups in total. The van der Waals surface area contributed by atoms with Crippen LogP contribution in [0.4, 0.5) is 17.2 Å². The molecule has 0 aliphatic heterocycles. The van der Waals surface area contributed by atoms with Crippen LogP contribution >= 0.6 is 15.9 Å². The molecule has 1 aromatic heterocycles. The Bertz CT molecular complexity index is 784. The van der Waals surface area contributed by atoms with E-state index in [-0.39, 0.29) is 0 Å². The molecule has 1 heterocycles. The zero-order valence-electron chi connectivity index (χ0n) is 11.0. The fourth-order valence-corrected chi connectivity index (χ4v) is 2.44. The quantitative estimate of drug-likeness (QED) is 0.674. The molecule has 0 spiro atoms. The number of nitrogens with one attached hydrogen (secondary N) is 1. The van der Waals surface area contributed by atoms with Crippen LogP contribution in [0.15, 0.2) is 53.0 Å². The Kier molecular flexibility index (Phi) is 3.32. The Hall–Kier alpha value is -2.07. The number of nitrogens with two attached hydrogens (primary N) is 1. The molecule has 100 valence electrons. The van der Waals surface area contributed by atoms with Crippen LogP contribution in [0.1, 0.15) is 5.56 Å². The molecule has 0 saturated heterocycles. The first-order chi connectivity index (χ1) is 9.61. The van der Waals surface area contributed by atoms with E-state index in [1.165, 1.54) is 5.56 Å². The average Bonchev–Trinajstić information content (AvgIpc) is 2.43. The van der Waals surface area contributed by atoms with Crippen molar-refractivity contribution in [2.75, 3.05) is 11.1 Å². The van der Waals surface area contributed by atoms with E-state index in [1.807, 2.05) is 42.5 Å². The zero-order chi connectivity index (χ0) is 14.1. The van der Waals surface area contributed by atoms with E-state index in [1.54, 1.807) is 0 Å². The van der Waals surface area contributed by atoms with E-state index in [0.29, 0.717) is 0 Å². The summed E-state index contributed by atoms with van der Waals surface area (Å²) in [5.41, 5.74) is 9.67. The second kappa shape index (κ2) is 5.13. The van der Waals surface area contributed by atoms with Crippen LogP contribution < -0.4 is 11.1 Å². The minimum Gasteiger partial charge on any atom is -0.399 e. The van der Waals surface area contributed by atoms with Crippen molar-refractivity contribution in [1.29, 1.82) is 0 Å². The van der Waals surface area contributed by atoms with Gasteiger partial charge in [0.2, 0.25) is 0 Å². The van der Waals surface area contributed by atoms with Crippen LogP contribution in [-0.2, 0) is 0 Å². The topological polar surface area (TPSA) is 50.9 Å². The van der Waals surface area contributed by atoms with Crippen molar-refractivity contribution < 1.29 is 0 Å². The monoisotopic (exact) mass is 327 g/mol. The SMILES string of the molecule is Cc1ccc(Br)cc1Nc1ccc2cc(N)ccc2n1. The first-order valence-electron chi connectivity index (χ1n) is 6.31. The Balaban J connectivity index is 1.98. The maximum absolute atomic E-state index is 5.77. The van der Waals surface area contributed by atoms with Gasteiger partial charge in [-0.1, -0.05) is 22.0 Å². The van der Waals surface area contributed by atoms with Crippen molar-refractivity contribution in [1.82, 2.24) is 4.98 Å². The van der Waals surface area contributed by atoms with Gasteiger partial charge in [0.05, 0.1) is 5.52 Å². The predicted molar refractivity (Wildman–Crippen MR) is 88.3 cm³/mol. The molecule has 0 amide bonds. The van der Waals surface area contributed by atoms with Gasteiger partial charge in [0, 0.05) is 21.2 Å². The Morgan fingerprint density at radius 2 is 1.90 bits per heavy atom. The number of nitrogen functional groups attached to an aromatic ring is 1. The standard InChI is InChI=1S/C16H14BrN3/c1-10-2-4-12(17)9-15(10)20-16-7-3-11-8-13(18)5-6-14(11)19-16/h2-9H,18H2,1H3,(H,19,20). The lowest BCUT2D eigenvalue weighted by molar-refractivity contribution is 1.34. The molecule has 4 heteroatoms. The highest BCUT2D eigenvalue weighted by atomic mass is 79.9. The third kappa shape index (κ3) is 2.60. The van der Waals surface area contributed by atoms with Gasteiger partial charge in [-0.2, -0.15) is 0 Å². The van der Waals surface area contributed by atoms with Gasteiger partial charge in [-0.15, -0.1) is 0 Å². The molecule has 0 aliphatic rings. The number of rotatable bonds is 2. The van der Waals surface area contributed by atoms with Crippen LogP contribution in [0.2, 0.25) is 0 Å². The second-order valence-electron chi connectivity index (χ2n) is 4.73. The van der Waals surface area contributed by atoms with Crippen molar-refractivity contribution in [3.8, 4) is 0 Å². The van der Waals surface area contributed by atoms with Gasteiger partial charge in [0.15, 0.2) is 0 Å². The molecule has 0 bridgehead atoms. The largest absolute Gasteiger partial charge is 0.399 e. The van der Waals surface area contributed by atoms with E-state index in [9.17, 15) is 0 Å². The van der Waals surface area contributed by atoms with Gasteiger partial charge < -0.3 is 11.1 Å². The maximum atomic E-state index is 5.77. The van der Waals surface area contributed by atoms with E-state index < -0.39 is 0 Å². The lowest BCUT2D eigenvalue weighted by Crippen LogP contribution is -1.96. The van der Waals surface area contributed by atoms with Gasteiger partial charge in [-0.25, -0.2) is 4.98 Å². The molecule has 3 nitrogen and oxygen atoms in total. The minimum absolute atomic E-state index is 0.753. The number of pyridine rings is 1. The molecule has 0 saturated carbocycles. The number of benzene rings is 2. The van der Waals surface area contributed by atoms with Crippen molar-refractivity contribution in [3.63, 3.8) is 0 Å². The lowest BCUT2D eigenvalue weighted by Gasteiger charge is -2.10. The Morgan fingerprint density at radius 1 is 1.05 bits per heavy atom. The normalized spacial score (nSPS) is 10.7. The molecule has 0 radical (unpaired) electrons. The van der Waals surface area contributed by atoms with E-state index >= 15 is 0 Å². The predicted octanol–water partition coefficient (Wildman–Crippen LogP) is 4.63. The zero-order valence-corrected chi connectivity index (χ0v) is 12.6. The fraction of sp³-hybridized carbons (Fsp3) is 0.0625.